The SMILES string of the molecule is CCOc1ccccc1NC(=O)CSc1nccn1Cc1ccc(C)cc1. The maximum absolute atomic E-state index is 12.3. The smallest absolute Gasteiger partial charge is 0.234 e. The summed E-state index contributed by atoms with van der Waals surface area (Å²) in [5.41, 5.74) is 3.13. The molecule has 6 heteroatoms. The molecule has 1 aromatic heterocycles. The van der Waals surface area contributed by atoms with Crippen molar-refractivity contribution in [2.75, 3.05) is 17.7 Å². The summed E-state index contributed by atoms with van der Waals surface area (Å²) in [7, 11) is 0. The van der Waals surface area contributed by atoms with Gasteiger partial charge in [-0.15, -0.1) is 0 Å². The number of benzene rings is 2. The number of nitrogens with one attached hydrogen (secondary N) is 1. The summed E-state index contributed by atoms with van der Waals surface area (Å²) in [5.74, 6) is 0.877. The number of carbonyl (C=O) groups excluding carboxylic acids is 1. The second-order valence-corrected chi connectivity index (χ2v) is 7.03. The van der Waals surface area contributed by atoms with Gasteiger partial charge in [0.05, 0.1) is 18.0 Å². The molecule has 0 radical (unpaired) electrons. The van der Waals surface area contributed by atoms with E-state index >= 15 is 0 Å². The fourth-order valence-corrected chi connectivity index (χ4v) is 3.37. The highest BCUT2D eigenvalue weighted by Crippen LogP contribution is 2.24. The van der Waals surface area contributed by atoms with E-state index in [0.717, 1.165) is 11.7 Å². The molecule has 1 heterocycles. The normalized spacial score (nSPS) is 10.6. The van der Waals surface area contributed by atoms with Gasteiger partial charge in [0.25, 0.3) is 0 Å². The molecule has 0 atom stereocenters. The lowest BCUT2D eigenvalue weighted by atomic mass is 10.1. The molecule has 1 N–H and O–H groups in total. The Hall–Kier alpha value is -2.73. The Morgan fingerprint density at radius 2 is 1.96 bits per heavy atom. The zero-order valence-corrected chi connectivity index (χ0v) is 16.3. The average Bonchev–Trinajstić information content (AvgIpc) is 3.11. The number of amides is 1. The molecule has 0 aliphatic heterocycles. The fourth-order valence-electron chi connectivity index (χ4n) is 2.61. The van der Waals surface area contributed by atoms with Crippen molar-refractivity contribution >= 4 is 23.4 Å². The highest BCUT2D eigenvalue weighted by molar-refractivity contribution is 7.99. The molecular weight excluding hydrogens is 358 g/mol. The number of aromatic nitrogens is 2. The van der Waals surface area contributed by atoms with Crippen LogP contribution in [0.4, 0.5) is 5.69 Å². The number of anilines is 1. The first-order valence-electron chi connectivity index (χ1n) is 8.87. The van der Waals surface area contributed by atoms with Gasteiger partial charge in [0.15, 0.2) is 5.16 Å². The Bertz CT molecular complexity index is 890. The molecule has 2 aromatic carbocycles. The minimum Gasteiger partial charge on any atom is -0.492 e. The average molecular weight is 382 g/mol. The minimum atomic E-state index is -0.0861. The van der Waals surface area contributed by atoms with Crippen molar-refractivity contribution in [2.24, 2.45) is 0 Å². The van der Waals surface area contributed by atoms with E-state index in [2.05, 4.69) is 46.1 Å². The van der Waals surface area contributed by atoms with Gasteiger partial charge >= 0.3 is 0 Å². The Morgan fingerprint density at radius 3 is 2.74 bits per heavy atom. The monoisotopic (exact) mass is 381 g/mol. The van der Waals surface area contributed by atoms with Crippen molar-refractivity contribution in [3.63, 3.8) is 0 Å². The standard InChI is InChI=1S/C21H23N3O2S/c1-3-26-19-7-5-4-6-18(19)23-20(25)15-27-21-22-12-13-24(21)14-17-10-8-16(2)9-11-17/h4-13H,3,14-15H2,1-2H3,(H,23,25). The van der Waals surface area contributed by atoms with Crippen molar-refractivity contribution in [3.8, 4) is 5.75 Å². The first-order valence-corrected chi connectivity index (χ1v) is 9.85. The van der Waals surface area contributed by atoms with Crippen LogP contribution < -0.4 is 10.1 Å². The van der Waals surface area contributed by atoms with Crippen molar-refractivity contribution < 1.29 is 9.53 Å². The number of hydrogen-bond donors (Lipinski definition) is 1. The van der Waals surface area contributed by atoms with Gasteiger partial charge < -0.3 is 14.6 Å². The van der Waals surface area contributed by atoms with Crippen LogP contribution >= 0.6 is 11.8 Å². The van der Waals surface area contributed by atoms with Gasteiger partial charge in [-0.05, 0) is 31.5 Å². The quantitative estimate of drug-likeness (QED) is 0.589. The number of hydrogen-bond acceptors (Lipinski definition) is 4. The molecular formula is C21H23N3O2S. The summed E-state index contributed by atoms with van der Waals surface area (Å²) in [5, 5.41) is 3.73. The lowest BCUT2D eigenvalue weighted by Gasteiger charge is -2.11. The number of carbonyl (C=O) groups is 1. The number of rotatable bonds is 8. The Morgan fingerprint density at radius 1 is 1.19 bits per heavy atom. The molecule has 27 heavy (non-hydrogen) atoms. The highest BCUT2D eigenvalue weighted by atomic mass is 32.2. The molecule has 0 fully saturated rings. The summed E-state index contributed by atoms with van der Waals surface area (Å²) in [6.07, 6.45) is 3.70. The summed E-state index contributed by atoms with van der Waals surface area (Å²) in [4.78, 5) is 16.7. The highest BCUT2D eigenvalue weighted by Gasteiger charge is 2.11. The molecule has 0 aliphatic rings. The van der Waals surface area contributed by atoms with Crippen LogP contribution in [0, 0.1) is 6.92 Å². The summed E-state index contributed by atoms with van der Waals surface area (Å²) >= 11 is 1.42. The van der Waals surface area contributed by atoms with E-state index in [1.807, 2.05) is 37.4 Å². The summed E-state index contributed by atoms with van der Waals surface area (Å²) in [6, 6.07) is 15.9. The van der Waals surface area contributed by atoms with Gasteiger partial charge in [-0.25, -0.2) is 4.98 Å². The van der Waals surface area contributed by atoms with Crippen LogP contribution in [0.2, 0.25) is 0 Å². The van der Waals surface area contributed by atoms with E-state index in [0.29, 0.717) is 18.0 Å². The van der Waals surface area contributed by atoms with Crippen molar-refractivity contribution in [1.82, 2.24) is 9.55 Å². The number of imidazole rings is 1. The zero-order valence-electron chi connectivity index (χ0n) is 15.5. The number of nitrogens with zero attached hydrogens (tertiary/aromatic N) is 2. The third-order valence-corrected chi connectivity index (χ3v) is 4.95. The van der Waals surface area contributed by atoms with Crippen LogP contribution in [-0.2, 0) is 11.3 Å². The number of ether oxygens (including phenoxy) is 1. The molecule has 0 bridgehead atoms. The molecule has 0 spiro atoms. The minimum absolute atomic E-state index is 0.0861. The summed E-state index contributed by atoms with van der Waals surface area (Å²) in [6.45, 7) is 5.28. The van der Waals surface area contributed by atoms with Crippen LogP contribution in [-0.4, -0.2) is 27.8 Å². The van der Waals surface area contributed by atoms with E-state index in [9.17, 15) is 4.79 Å². The van der Waals surface area contributed by atoms with Crippen LogP contribution in [0.15, 0.2) is 66.1 Å². The largest absolute Gasteiger partial charge is 0.492 e. The van der Waals surface area contributed by atoms with Gasteiger partial charge in [0, 0.05) is 18.9 Å². The van der Waals surface area contributed by atoms with Gasteiger partial charge in [-0.3, -0.25) is 4.79 Å². The first kappa shape index (κ1) is 19.0. The van der Waals surface area contributed by atoms with Crippen molar-refractivity contribution in [2.45, 2.75) is 25.5 Å². The topological polar surface area (TPSA) is 56.1 Å². The van der Waals surface area contributed by atoms with Crippen LogP contribution in [0.5, 0.6) is 5.75 Å². The van der Waals surface area contributed by atoms with Crippen LogP contribution in [0.1, 0.15) is 18.1 Å². The maximum atomic E-state index is 12.3. The van der Waals surface area contributed by atoms with Gasteiger partial charge in [-0.1, -0.05) is 53.7 Å². The molecule has 0 saturated heterocycles. The maximum Gasteiger partial charge on any atom is 0.234 e. The number of thioether (sulfide) groups is 1. The molecule has 0 saturated carbocycles. The number of para-hydroxylation sites is 2. The Balaban J connectivity index is 1.58. The molecule has 5 nitrogen and oxygen atoms in total. The lowest BCUT2D eigenvalue weighted by molar-refractivity contribution is -0.113. The van der Waals surface area contributed by atoms with Crippen molar-refractivity contribution in [3.05, 3.63) is 72.1 Å². The third kappa shape index (κ3) is 5.37. The van der Waals surface area contributed by atoms with E-state index in [-0.39, 0.29) is 11.7 Å². The third-order valence-electron chi connectivity index (χ3n) is 3.94. The zero-order chi connectivity index (χ0) is 19.1. The van der Waals surface area contributed by atoms with Gasteiger partial charge in [-0.2, -0.15) is 0 Å². The number of aryl methyl sites for hydroxylation is 1. The molecule has 3 rings (SSSR count). The Labute approximate surface area is 163 Å². The fraction of sp³-hybridized carbons (Fsp3) is 0.238. The lowest BCUT2D eigenvalue weighted by Crippen LogP contribution is -2.15. The predicted octanol–water partition coefficient (Wildman–Crippen LogP) is 4.37. The van der Waals surface area contributed by atoms with Crippen molar-refractivity contribution in [1.29, 1.82) is 0 Å². The molecule has 3 aromatic rings. The van der Waals surface area contributed by atoms with Gasteiger partial charge in [0.1, 0.15) is 5.75 Å². The molecule has 0 unspecified atom stereocenters. The van der Waals surface area contributed by atoms with E-state index in [4.69, 9.17) is 4.74 Å². The molecule has 140 valence electrons. The second-order valence-electron chi connectivity index (χ2n) is 6.09. The van der Waals surface area contributed by atoms with E-state index in [1.54, 1.807) is 6.20 Å². The second kappa shape index (κ2) is 9.28. The Kier molecular flexibility index (Phi) is 6.54. The predicted molar refractivity (Wildman–Crippen MR) is 109 cm³/mol. The van der Waals surface area contributed by atoms with Gasteiger partial charge in [0.2, 0.25) is 5.91 Å². The molecule has 0 aliphatic carbocycles. The summed E-state index contributed by atoms with van der Waals surface area (Å²) < 4.78 is 7.60. The van der Waals surface area contributed by atoms with Crippen LogP contribution in [0.25, 0.3) is 0 Å². The van der Waals surface area contributed by atoms with E-state index < -0.39 is 0 Å². The molecule has 1 amide bonds. The van der Waals surface area contributed by atoms with Crippen LogP contribution in [0.3, 0.4) is 0 Å². The first-order chi connectivity index (χ1) is 13.2. The van der Waals surface area contributed by atoms with E-state index in [1.165, 1.54) is 22.9 Å².